The molecule has 17 heavy (non-hydrogen) atoms. The topological polar surface area (TPSA) is 123 Å². The highest BCUT2D eigenvalue weighted by Gasteiger charge is 2.06. The van der Waals surface area contributed by atoms with Gasteiger partial charge in [-0.25, -0.2) is 4.79 Å². The molecule has 0 atom stereocenters. The van der Waals surface area contributed by atoms with Crippen molar-refractivity contribution in [2.45, 2.75) is 6.42 Å². The van der Waals surface area contributed by atoms with Crippen LogP contribution in [-0.4, -0.2) is 30.0 Å². The van der Waals surface area contributed by atoms with Crippen LogP contribution in [0.3, 0.4) is 0 Å². The Bertz CT molecular complexity index is 407. The number of anilines is 1. The summed E-state index contributed by atoms with van der Waals surface area (Å²) < 4.78 is 0. The number of hydrogen-bond donors (Lipinski definition) is 4. The fraction of sp³-hybridized carbons (Fsp3) is 0.300. The number of primary amides is 1. The molecular weight excluding hydrogens is 222 g/mol. The van der Waals surface area contributed by atoms with E-state index in [1.807, 2.05) is 0 Å². The van der Waals surface area contributed by atoms with Gasteiger partial charge in [-0.1, -0.05) is 0 Å². The van der Waals surface area contributed by atoms with Gasteiger partial charge in [-0.15, -0.1) is 0 Å². The fourth-order valence-corrected chi connectivity index (χ4v) is 1.18. The van der Waals surface area contributed by atoms with Crippen molar-refractivity contribution in [3.05, 3.63) is 24.0 Å². The molecule has 0 saturated carbocycles. The molecule has 3 amide bonds. The number of pyridine rings is 1. The quantitative estimate of drug-likeness (QED) is 0.522. The molecule has 1 heterocycles. The first-order chi connectivity index (χ1) is 8.13. The van der Waals surface area contributed by atoms with Gasteiger partial charge >= 0.3 is 6.03 Å². The zero-order valence-electron chi connectivity index (χ0n) is 9.27. The standard InChI is InChI=1S/C10H15N5O2/c11-2-1-3-14-9(16)7-4-8(6-13-5-7)15-10(12)17/h4-6H,1-3,11H2,(H,14,16)(H3,12,15,17). The van der Waals surface area contributed by atoms with E-state index in [-0.39, 0.29) is 5.91 Å². The Morgan fingerprint density at radius 1 is 1.35 bits per heavy atom. The summed E-state index contributed by atoms with van der Waals surface area (Å²) in [6.07, 6.45) is 3.52. The van der Waals surface area contributed by atoms with Crippen molar-refractivity contribution in [2.24, 2.45) is 11.5 Å². The number of nitrogens with zero attached hydrogens (tertiary/aromatic N) is 1. The Hall–Kier alpha value is -2.15. The first-order valence-corrected chi connectivity index (χ1v) is 5.13. The van der Waals surface area contributed by atoms with Crippen LogP contribution in [-0.2, 0) is 0 Å². The molecule has 0 bridgehead atoms. The summed E-state index contributed by atoms with van der Waals surface area (Å²) >= 11 is 0. The van der Waals surface area contributed by atoms with Crippen LogP contribution in [0.2, 0.25) is 0 Å². The van der Waals surface area contributed by atoms with Gasteiger partial charge in [-0.05, 0) is 19.0 Å². The van der Waals surface area contributed by atoms with Crippen LogP contribution in [0.25, 0.3) is 0 Å². The molecule has 0 aromatic carbocycles. The van der Waals surface area contributed by atoms with Gasteiger partial charge in [0.1, 0.15) is 0 Å². The van der Waals surface area contributed by atoms with E-state index in [9.17, 15) is 9.59 Å². The van der Waals surface area contributed by atoms with Crippen molar-refractivity contribution in [2.75, 3.05) is 18.4 Å². The van der Waals surface area contributed by atoms with Gasteiger partial charge in [-0.2, -0.15) is 0 Å². The summed E-state index contributed by atoms with van der Waals surface area (Å²) in [5, 5.41) is 5.02. The molecule has 7 nitrogen and oxygen atoms in total. The van der Waals surface area contributed by atoms with E-state index in [1.165, 1.54) is 18.5 Å². The van der Waals surface area contributed by atoms with Crippen molar-refractivity contribution < 1.29 is 9.59 Å². The van der Waals surface area contributed by atoms with Gasteiger partial charge in [0, 0.05) is 12.7 Å². The van der Waals surface area contributed by atoms with Crippen molar-refractivity contribution in [3.8, 4) is 0 Å². The Morgan fingerprint density at radius 2 is 2.12 bits per heavy atom. The van der Waals surface area contributed by atoms with Gasteiger partial charge in [0.25, 0.3) is 5.91 Å². The predicted molar refractivity (Wildman–Crippen MR) is 63.4 cm³/mol. The first kappa shape index (κ1) is 12.9. The van der Waals surface area contributed by atoms with Crippen molar-refractivity contribution >= 4 is 17.6 Å². The highest BCUT2D eigenvalue weighted by Crippen LogP contribution is 2.07. The number of amides is 3. The molecule has 0 saturated heterocycles. The normalized spacial score (nSPS) is 9.71. The number of nitrogens with two attached hydrogens (primary N) is 2. The molecule has 0 unspecified atom stereocenters. The predicted octanol–water partition coefficient (Wildman–Crippen LogP) is -0.349. The van der Waals surface area contributed by atoms with Crippen LogP contribution >= 0.6 is 0 Å². The molecule has 1 rings (SSSR count). The highest BCUT2D eigenvalue weighted by atomic mass is 16.2. The first-order valence-electron chi connectivity index (χ1n) is 5.13. The number of carbonyl (C=O) groups excluding carboxylic acids is 2. The fourth-order valence-electron chi connectivity index (χ4n) is 1.18. The number of aromatic nitrogens is 1. The smallest absolute Gasteiger partial charge is 0.316 e. The lowest BCUT2D eigenvalue weighted by Crippen LogP contribution is -2.26. The third-order valence-electron chi connectivity index (χ3n) is 1.93. The number of urea groups is 1. The van der Waals surface area contributed by atoms with Crippen LogP contribution in [0.1, 0.15) is 16.8 Å². The number of carbonyl (C=O) groups is 2. The maximum atomic E-state index is 11.6. The Labute approximate surface area is 98.6 Å². The Morgan fingerprint density at radius 3 is 2.76 bits per heavy atom. The molecule has 0 fully saturated rings. The third kappa shape index (κ3) is 4.47. The summed E-state index contributed by atoms with van der Waals surface area (Å²) in [6.45, 7) is 1.02. The molecule has 1 aromatic heterocycles. The Kier molecular flexibility index (Phi) is 4.89. The molecule has 0 aliphatic heterocycles. The van der Waals surface area contributed by atoms with E-state index in [4.69, 9.17) is 11.5 Å². The van der Waals surface area contributed by atoms with E-state index in [2.05, 4.69) is 15.6 Å². The van der Waals surface area contributed by atoms with Gasteiger partial charge in [0.15, 0.2) is 0 Å². The SMILES string of the molecule is NCCCNC(=O)c1cncc(NC(N)=O)c1. The minimum absolute atomic E-state index is 0.265. The average molecular weight is 237 g/mol. The summed E-state index contributed by atoms with van der Waals surface area (Å²) in [4.78, 5) is 26.1. The van der Waals surface area contributed by atoms with Gasteiger partial charge < -0.3 is 22.1 Å². The van der Waals surface area contributed by atoms with Crippen LogP contribution in [0, 0.1) is 0 Å². The van der Waals surface area contributed by atoms with Gasteiger partial charge in [0.05, 0.1) is 17.4 Å². The van der Waals surface area contributed by atoms with E-state index >= 15 is 0 Å². The van der Waals surface area contributed by atoms with E-state index < -0.39 is 6.03 Å². The lowest BCUT2D eigenvalue weighted by Gasteiger charge is -2.06. The number of nitrogens with one attached hydrogen (secondary N) is 2. The number of rotatable bonds is 5. The zero-order valence-corrected chi connectivity index (χ0v) is 9.27. The van der Waals surface area contributed by atoms with Crippen molar-refractivity contribution in [1.82, 2.24) is 10.3 Å². The second-order valence-electron chi connectivity index (χ2n) is 3.35. The third-order valence-corrected chi connectivity index (χ3v) is 1.93. The van der Waals surface area contributed by atoms with E-state index in [1.54, 1.807) is 0 Å². The molecule has 7 heteroatoms. The summed E-state index contributed by atoms with van der Waals surface area (Å²) in [5.41, 5.74) is 11.0. The van der Waals surface area contributed by atoms with E-state index in [0.717, 1.165) is 0 Å². The molecule has 0 aliphatic rings. The minimum atomic E-state index is -0.701. The van der Waals surface area contributed by atoms with Gasteiger partial charge in [-0.3, -0.25) is 9.78 Å². The molecule has 92 valence electrons. The molecule has 0 radical (unpaired) electrons. The lowest BCUT2D eigenvalue weighted by atomic mass is 10.2. The van der Waals surface area contributed by atoms with Crippen molar-refractivity contribution in [3.63, 3.8) is 0 Å². The maximum absolute atomic E-state index is 11.6. The largest absolute Gasteiger partial charge is 0.352 e. The molecule has 0 aliphatic carbocycles. The van der Waals surface area contributed by atoms with E-state index in [0.29, 0.717) is 30.8 Å². The molecular formula is C10H15N5O2. The second-order valence-corrected chi connectivity index (χ2v) is 3.35. The Balaban J connectivity index is 2.63. The second kappa shape index (κ2) is 6.44. The molecule has 0 spiro atoms. The van der Waals surface area contributed by atoms with Crippen LogP contribution in [0.5, 0.6) is 0 Å². The van der Waals surface area contributed by atoms with Crippen LogP contribution < -0.4 is 22.1 Å². The number of hydrogen-bond acceptors (Lipinski definition) is 4. The zero-order chi connectivity index (χ0) is 12.7. The molecule has 6 N–H and O–H groups in total. The van der Waals surface area contributed by atoms with Crippen molar-refractivity contribution in [1.29, 1.82) is 0 Å². The summed E-state index contributed by atoms with van der Waals surface area (Å²) in [5.74, 6) is -0.265. The lowest BCUT2D eigenvalue weighted by molar-refractivity contribution is 0.0953. The molecule has 1 aromatic rings. The summed E-state index contributed by atoms with van der Waals surface area (Å²) in [7, 11) is 0. The maximum Gasteiger partial charge on any atom is 0.316 e. The average Bonchev–Trinajstić information content (AvgIpc) is 2.28. The van der Waals surface area contributed by atoms with Crippen LogP contribution in [0.4, 0.5) is 10.5 Å². The monoisotopic (exact) mass is 237 g/mol. The van der Waals surface area contributed by atoms with Crippen LogP contribution in [0.15, 0.2) is 18.5 Å². The van der Waals surface area contributed by atoms with Gasteiger partial charge in [0.2, 0.25) is 0 Å². The highest BCUT2D eigenvalue weighted by molar-refractivity contribution is 5.96. The summed E-state index contributed by atoms with van der Waals surface area (Å²) in [6, 6.07) is 0.794. The minimum Gasteiger partial charge on any atom is -0.352 e.